The van der Waals surface area contributed by atoms with Crippen molar-refractivity contribution in [1.29, 1.82) is 0 Å². The molecule has 0 aromatic carbocycles. The SMILES string of the molecule is CCCC[n+]1ccn(C(OC)(OC)C(C[SiH3])OC)c1.[Cl-]. The van der Waals surface area contributed by atoms with Crippen molar-refractivity contribution in [1.82, 2.24) is 4.57 Å². The topological polar surface area (TPSA) is 36.5 Å². The molecule has 1 atom stereocenters. The molecule has 7 heteroatoms. The number of ether oxygens (including phenoxy) is 3. The minimum absolute atomic E-state index is 0. The summed E-state index contributed by atoms with van der Waals surface area (Å²) in [4.78, 5) is 0. The fraction of sp³-hybridized carbons (Fsp3) is 0.769. The van der Waals surface area contributed by atoms with Crippen molar-refractivity contribution in [2.45, 2.75) is 44.4 Å². The Hall–Kier alpha value is -0.403. The van der Waals surface area contributed by atoms with Gasteiger partial charge in [-0.15, -0.1) is 0 Å². The standard InChI is InChI=1S/C13H27N2O3Si.ClH/c1-5-6-7-14-8-9-15(11-14)13(17-3,18-4)12(10-19)16-2;/h8-9,11-12H,5-7,10H2,1-4,19H3;1H/q+1;/p-1. The van der Waals surface area contributed by atoms with Gasteiger partial charge in [0, 0.05) is 31.6 Å². The molecule has 1 aromatic rings. The normalized spacial score (nSPS) is 13.2. The van der Waals surface area contributed by atoms with Gasteiger partial charge in [0.05, 0.1) is 6.54 Å². The van der Waals surface area contributed by atoms with Crippen molar-refractivity contribution in [3.63, 3.8) is 0 Å². The first-order valence-corrected chi connectivity index (χ1v) is 8.30. The Balaban J connectivity index is 0.00000361. The molecule has 0 saturated carbocycles. The molecule has 0 aliphatic heterocycles. The van der Waals surface area contributed by atoms with E-state index in [0.29, 0.717) is 0 Å². The number of imidazole rings is 1. The second-order valence-electron chi connectivity index (χ2n) is 4.58. The summed E-state index contributed by atoms with van der Waals surface area (Å²) in [5.74, 6) is -0.881. The van der Waals surface area contributed by atoms with Gasteiger partial charge in [0.1, 0.15) is 12.4 Å². The number of unbranched alkanes of at least 4 members (excludes halogenated alkanes) is 1. The lowest BCUT2D eigenvalue weighted by Crippen LogP contribution is -3.00. The van der Waals surface area contributed by atoms with Gasteiger partial charge in [0.15, 0.2) is 6.10 Å². The zero-order valence-corrected chi connectivity index (χ0v) is 15.9. The van der Waals surface area contributed by atoms with Gasteiger partial charge in [-0.2, -0.15) is 4.57 Å². The minimum atomic E-state index is -0.881. The molecule has 0 saturated heterocycles. The number of aromatic nitrogens is 2. The van der Waals surface area contributed by atoms with Crippen molar-refractivity contribution >= 4 is 10.2 Å². The van der Waals surface area contributed by atoms with Crippen molar-refractivity contribution in [3.8, 4) is 0 Å². The molecule has 1 aromatic heterocycles. The molecule has 0 spiro atoms. The van der Waals surface area contributed by atoms with E-state index in [4.69, 9.17) is 14.2 Å². The van der Waals surface area contributed by atoms with Crippen LogP contribution in [0.2, 0.25) is 6.04 Å². The largest absolute Gasteiger partial charge is 1.00 e. The Kier molecular flexibility index (Phi) is 9.33. The molecule has 0 radical (unpaired) electrons. The zero-order chi connectivity index (χ0) is 14.3. The lowest BCUT2D eigenvalue weighted by Gasteiger charge is -2.32. The van der Waals surface area contributed by atoms with Crippen LogP contribution in [0.5, 0.6) is 0 Å². The Morgan fingerprint density at radius 1 is 1.30 bits per heavy atom. The molecule has 0 amide bonds. The summed E-state index contributed by atoms with van der Waals surface area (Å²) in [6.07, 6.45) is 8.27. The number of nitrogens with zero attached hydrogens (tertiary/aromatic N) is 2. The highest BCUT2D eigenvalue weighted by atomic mass is 35.5. The maximum atomic E-state index is 5.66. The molecule has 5 nitrogen and oxygen atoms in total. The van der Waals surface area contributed by atoms with Crippen LogP contribution in [0.4, 0.5) is 0 Å². The fourth-order valence-electron chi connectivity index (χ4n) is 2.35. The Morgan fingerprint density at radius 2 is 1.95 bits per heavy atom. The average molecular weight is 323 g/mol. The summed E-state index contributed by atoms with van der Waals surface area (Å²) in [5.41, 5.74) is 0. The Labute approximate surface area is 131 Å². The first-order valence-electron chi connectivity index (χ1n) is 6.89. The predicted octanol–water partition coefficient (Wildman–Crippen LogP) is -2.72. The molecular formula is C13H27ClN2O3Si. The van der Waals surface area contributed by atoms with Crippen LogP contribution in [0.1, 0.15) is 19.8 Å². The smallest absolute Gasteiger partial charge is 0.353 e. The molecule has 1 unspecified atom stereocenters. The van der Waals surface area contributed by atoms with Gasteiger partial charge < -0.3 is 26.6 Å². The predicted molar refractivity (Wildman–Crippen MR) is 77.1 cm³/mol. The summed E-state index contributed by atoms with van der Waals surface area (Å²) in [7, 11) is 6.04. The molecule has 0 fully saturated rings. The summed E-state index contributed by atoms with van der Waals surface area (Å²) in [6, 6.07) is 0.936. The molecule has 0 N–H and O–H groups in total. The van der Waals surface area contributed by atoms with Crippen LogP contribution >= 0.6 is 0 Å². The highest BCUT2D eigenvalue weighted by Crippen LogP contribution is 2.26. The number of halogens is 1. The zero-order valence-electron chi connectivity index (χ0n) is 13.1. The van der Waals surface area contributed by atoms with Gasteiger partial charge in [-0.05, 0) is 12.5 Å². The van der Waals surface area contributed by atoms with Crippen molar-refractivity contribution < 1.29 is 31.2 Å². The molecule has 118 valence electrons. The van der Waals surface area contributed by atoms with E-state index >= 15 is 0 Å². The molecule has 1 rings (SSSR count). The number of hydrogen-bond acceptors (Lipinski definition) is 3. The molecule has 20 heavy (non-hydrogen) atoms. The van der Waals surface area contributed by atoms with E-state index < -0.39 is 5.91 Å². The van der Waals surface area contributed by atoms with Gasteiger partial charge in [-0.3, -0.25) is 0 Å². The molecule has 0 bridgehead atoms. The number of hydrogen-bond donors (Lipinski definition) is 0. The van der Waals surface area contributed by atoms with Crippen molar-refractivity contribution in [2.24, 2.45) is 0 Å². The summed E-state index contributed by atoms with van der Waals surface area (Å²) in [6.45, 7) is 3.19. The van der Waals surface area contributed by atoms with Crippen LogP contribution in [0.25, 0.3) is 0 Å². The number of aryl methyl sites for hydroxylation is 1. The third-order valence-corrected chi connectivity index (χ3v) is 4.21. The Bertz CT molecular complexity index is 368. The van der Waals surface area contributed by atoms with Crippen molar-refractivity contribution in [2.75, 3.05) is 21.3 Å². The highest BCUT2D eigenvalue weighted by Gasteiger charge is 2.46. The number of methoxy groups -OCH3 is 3. The molecule has 0 aliphatic rings. The van der Waals surface area contributed by atoms with E-state index in [1.165, 1.54) is 6.42 Å². The van der Waals surface area contributed by atoms with Crippen molar-refractivity contribution in [3.05, 3.63) is 18.7 Å². The highest BCUT2D eigenvalue weighted by molar-refractivity contribution is 6.08. The monoisotopic (exact) mass is 322 g/mol. The lowest BCUT2D eigenvalue weighted by atomic mass is 10.3. The average Bonchev–Trinajstić information content (AvgIpc) is 2.91. The second kappa shape index (κ2) is 9.52. The maximum absolute atomic E-state index is 5.66. The van der Waals surface area contributed by atoms with Gasteiger partial charge >= 0.3 is 5.91 Å². The third kappa shape index (κ3) is 4.05. The van der Waals surface area contributed by atoms with Crippen LogP contribution in [0.3, 0.4) is 0 Å². The van der Waals surface area contributed by atoms with Crippen LogP contribution in [0, 0.1) is 0 Å². The maximum Gasteiger partial charge on any atom is 0.353 e. The third-order valence-electron chi connectivity index (χ3n) is 3.47. The first-order chi connectivity index (χ1) is 9.18. The van der Waals surface area contributed by atoms with E-state index in [9.17, 15) is 0 Å². The van der Waals surface area contributed by atoms with Gasteiger partial charge in [-0.1, -0.05) is 13.3 Å². The first kappa shape index (κ1) is 19.6. The van der Waals surface area contributed by atoms with Gasteiger partial charge in [0.25, 0.3) is 0 Å². The lowest BCUT2D eigenvalue weighted by molar-refractivity contribution is -0.697. The minimum Gasteiger partial charge on any atom is -1.00 e. The van der Waals surface area contributed by atoms with Gasteiger partial charge in [-0.25, -0.2) is 4.57 Å². The van der Waals surface area contributed by atoms with E-state index in [1.54, 1.807) is 21.3 Å². The van der Waals surface area contributed by atoms with Crippen LogP contribution < -0.4 is 17.0 Å². The van der Waals surface area contributed by atoms with Crippen LogP contribution in [-0.2, 0) is 26.7 Å². The quantitative estimate of drug-likeness (QED) is 0.282. The van der Waals surface area contributed by atoms with E-state index in [1.807, 2.05) is 23.3 Å². The summed E-state index contributed by atoms with van der Waals surface area (Å²) in [5, 5.41) is 0. The van der Waals surface area contributed by atoms with Gasteiger partial charge in [0.2, 0.25) is 6.33 Å². The summed E-state index contributed by atoms with van der Waals surface area (Å²) >= 11 is 0. The fourth-order valence-corrected chi connectivity index (χ4v) is 3.20. The molecule has 1 heterocycles. The second-order valence-corrected chi connectivity index (χ2v) is 5.40. The summed E-state index contributed by atoms with van der Waals surface area (Å²) < 4.78 is 21.0. The van der Waals surface area contributed by atoms with Crippen LogP contribution in [-0.4, -0.2) is 42.2 Å². The Morgan fingerprint density at radius 3 is 2.40 bits per heavy atom. The van der Waals surface area contributed by atoms with E-state index in [2.05, 4.69) is 11.5 Å². The van der Waals surface area contributed by atoms with E-state index in [0.717, 1.165) is 29.3 Å². The number of rotatable bonds is 9. The van der Waals surface area contributed by atoms with E-state index in [-0.39, 0.29) is 18.5 Å². The molecule has 0 aliphatic carbocycles. The van der Waals surface area contributed by atoms with Crippen LogP contribution in [0.15, 0.2) is 18.7 Å². The molecular weight excluding hydrogens is 296 g/mol.